The first kappa shape index (κ1) is 23.5. The number of halogens is 4. The molecular weight excluding hydrogens is 530 g/mol. The minimum absolute atomic E-state index is 0.0443. The molecule has 2 aromatic carbocycles. The van der Waals surface area contributed by atoms with Gasteiger partial charge in [-0.25, -0.2) is 9.88 Å². The first-order valence-electron chi connectivity index (χ1n) is 9.19. The summed E-state index contributed by atoms with van der Waals surface area (Å²) >= 11 is 25.6. The predicted molar refractivity (Wildman–Crippen MR) is 132 cm³/mol. The molecule has 3 amide bonds. The van der Waals surface area contributed by atoms with Crippen molar-refractivity contribution in [2.24, 2.45) is 0 Å². The quantitative estimate of drug-likeness (QED) is 0.301. The fourth-order valence-corrected chi connectivity index (χ4v) is 4.50. The van der Waals surface area contributed by atoms with Gasteiger partial charge in [0, 0.05) is 16.6 Å². The SMILES string of the molecule is Cc1csc(NC(=O)c2cccc(NC3=C(Cl)C(=O)N(c4cc(Cl)c(Cl)cc4Cl)C3=O)c2)n1. The van der Waals surface area contributed by atoms with Crippen LogP contribution in [0.2, 0.25) is 15.1 Å². The summed E-state index contributed by atoms with van der Waals surface area (Å²) < 4.78 is 0. The van der Waals surface area contributed by atoms with Crippen LogP contribution in [-0.2, 0) is 9.59 Å². The smallest absolute Gasteiger partial charge is 0.283 e. The lowest BCUT2D eigenvalue weighted by Gasteiger charge is -2.17. The second kappa shape index (κ2) is 9.32. The Morgan fingerprint density at radius 3 is 2.42 bits per heavy atom. The molecule has 0 saturated carbocycles. The fourth-order valence-electron chi connectivity index (χ4n) is 2.98. The van der Waals surface area contributed by atoms with Crippen LogP contribution in [0.4, 0.5) is 16.5 Å². The molecule has 33 heavy (non-hydrogen) atoms. The molecule has 0 fully saturated rings. The number of thiazole rings is 1. The van der Waals surface area contributed by atoms with Gasteiger partial charge in [-0.15, -0.1) is 11.3 Å². The van der Waals surface area contributed by atoms with Gasteiger partial charge in [0.2, 0.25) is 0 Å². The number of benzene rings is 2. The molecule has 3 aromatic rings. The summed E-state index contributed by atoms with van der Waals surface area (Å²) in [6.07, 6.45) is 0. The van der Waals surface area contributed by atoms with Crippen molar-refractivity contribution in [2.45, 2.75) is 6.92 Å². The normalized spacial score (nSPS) is 13.7. The molecule has 7 nitrogen and oxygen atoms in total. The average Bonchev–Trinajstić information content (AvgIpc) is 3.27. The highest BCUT2D eigenvalue weighted by Gasteiger charge is 2.40. The predicted octanol–water partition coefficient (Wildman–Crippen LogP) is 6.10. The molecule has 0 bridgehead atoms. The lowest BCUT2D eigenvalue weighted by Crippen LogP contribution is -2.32. The van der Waals surface area contributed by atoms with E-state index in [0.717, 1.165) is 10.6 Å². The number of aryl methyl sites for hydroxylation is 1. The van der Waals surface area contributed by atoms with Crippen molar-refractivity contribution in [3.8, 4) is 0 Å². The van der Waals surface area contributed by atoms with Crippen molar-refractivity contribution >= 4 is 92.0 Å². The van der Waals surface area contributed by atoms with Gasteiger partial charge in [0.25, 0.3) is 17.7 Å². The lowest BCUT2D eigenvalue weighted by atomic mass is 10.2. The Morgan fingerprint density at radius 1 is 1.00 bits per heavy atom. The van der Waals surface area contributed by atoms with E-state index in [1.54, 1.807) is 18.2 Å². The van der Waals surface area contributed by atoms with Gasteiger partial charge in [0.1, 0.15) is 10.7 Å². The Hall–Kier alpha value is -2.62. The zero-order valence-electron chi connectivity index (χ0n) is 16.6. The Balaban J connectivity index is 1.57. The van der Waals surface area contributed by atoms with Gasteiger partial charge >= 0.3 is 0 Å². The Bertz CT molecular complexity index is 1360. The van der Waals surface area contributed by atoms with Crippen LogP contribution >= 0.6 is 57.7 Å². The summed E-state index contributed by atoms with van der Waals surface area (Å²) in [5.74, 6) is -1.90. The molecule has 2 heterocycles. The number of rotatable bonds is 5. The Morgan fingerprint density at radius 2 is 1.73 bits per heavy atom. The van der Waals surface area contributed by atoms with Crippen LogP contribution < -0.4 is 15.5 Å². The van der Waals surface area contributed by atoms with E-state index in [2.05, 4.69) is 15.6 Å². The molecule has 12 heteroatoms. The third-order valence-electron chi connectivity index (χ3n) is 4.49. The molecule has 0 aliphatic carbocycles. The number of imide groups is 1. The van der Waals surface area contributed by atoms with Crippen molar-refractivity contribution in [1.82, 2.24) is 4.98 Å². The van der Waals surface area contributed by atoms with Crippen molar-refractivity contribution in [2.75, 3.05) is 15.5 Å². The molecule has 0 saturated heterocycles. The molecule has 4 rings (SSSR count). The van der Waals surface area contributed by atoms with Crippen LogP contribution in [0.3, 0.4) is 0 Å². The van der Waals surface area contributed by atoms with Gasteiger partial charge in [0.15, 0.2) is 5.13 Å². The lowest BCUT2D eigenvalue weighted by molar-refractivity contribution is -0.120. The van der Waals surface area contributed by atoms with E-state index in [1.165, 1.54) is 29.5 Å². The summed E-state index contributed by atoms with van der Waals surface area (Å²) in [7, 11) is 0. The van der Waals surface area contributed by atoms with E-state index >= 15 is 0 Å². The van der Waals surface area contributed by atoms with Crippen LogP contribution in [0, 0.1) is 6.92 Å². The van der Waals surface area contributed by atoms with E-state index in [-0.39, 0.29) is 37.4 Å². The fraction of sp³-hybridized carbons (Fsp3) is 0.0476. The number of nitrogens with one attached hydrogen (secondary N) is 2. The zero-order chi connectivity index (χ0) is 23.9. The monoisotopic (exact) mass is 540 g/mol. The maximum Gasteiger partial charge on any atom is 0.283 e. The van der Waals surface area contributed by atoms with Crippen LogP contribution in [-0.4, -0.2) is 22.7 Å². The first-order chi connectivity index (χ1) is 15.7. The number of aromatic nitrogens is 1. The van der Waals surface area contributed by atoms with Gasteiger partial charge in [0.05, 0.1) is 26.4 Å². The average molecular weight is 542 g/mol. The number of carbonyl (C=O) groups excluding carboxylic acids is 3. The topological polar surface area (TPSA) is 91.4 Å². The number of anilines is 3. The van der Waals surface area contributed by atoms with Crippen molar-refractivity contribution in [3.05, 3.63) is 78.8 Å². The molecular formula is C21H12Cl4N4O3S. The molecule has 0 radical (unpaired) electrons. The molecule has 0 unspecified atom stereocenters. The molecule has 0 spiro atoms. The number of nitrogens with zero attached hydrogens (tertiary/aromatic N) is 2. The van der Waals surface area contributed by atoms with Crippen LogP contribution in [0.5, 0.6) is 0 Å². The number of hydrogen-bond acceptors (Lipinski definition) is 6. The third kappa shape index (κ3) is 4.71. The van der Waals surface area contributed by atoms with Crippen LogP contribution in [0.1, 0.15) is 16.1 Å². The van der Waals surface area contributed by atoms with E-state index in [9.17, 15) is 14.4 Å². The van der Waals surface area contributed by atoms with Crippen molar-refractivity contribution < 1.29 is 14.4 Å². The molecule has 2 N–H and O–H groups in total. The van der Waals surface area contributed by atoms with Gasteiger partial charge in [-0.2, -0.15) is 0 Å². The summed E-state index contributed by atoms with van der Waals surface area (Å²) in [5, 5.41) is 7.80. The molecule has 1 aromatic heterocycles. The number of hydrogen-bond donors (Lipinski definition) is 2. The molecule has 168 valence electrons. The molecule has 1 aliphatic rings. The summed E-state index contributed by atoms with van der Waals surface area (Å²) in [6.45, 7) is 1.82. The van der Waals surface area contributed by atoms with E-state index in [0.29, 0.717) is 16.4 Å². The second-order valence-electron chi connectivity index (χ2n) is 6.81. The van der Waals surface area contributed by atoms with Gasteiger partial charge in [-0.1, -0.05) is 52.5 Å². The van der Waals surface area contributed by atoms with Gasteiger partial charge in [-0.3, -0.25) is 19.7 Å². The summed E-state index contributed by atoms with van der Waals surface area (Å²) in [4.78, 5) is 43.3. The molecule has 1 aliphatic heterocycles. The number of carbonyl (C=O) groups is 3. The largest absolute Gasteiger partial charge is 0.350 e. The Labute approximate surface area is 211 Å². The standard InChI is InChI=1S/C21H12Cl4N4O3S/c1-9-8-33-21(26-9)28-18(30)10-3-2-4-11(5-10)27-17-16(25)19(31)29(20(17)32)15-7-13(23)12(22)6-14(15)24/h2-8,27H,1H3,(H,26,28,30). The highest BCUT2D eigenvalue weighted by molar-refractivity contribution is 7.13. The maximum absolute atomic E-state index is 13.0. The summed E-state index contributed by atoms with van der Waals surface area (Å²) in [5.41, 5.74) is 1.35. The van der Waals surface area contributed by atoms with Crippen molar-refractivity contribution in [1.29, 1.82) is 0 Å². The highest BCUT2D eigenvalue weighted by Crippen LogP contribution is 2.38. The Kier molecular flexibility index (Phi) is 6.65. The van der Waals surface area contributed by atoms with Crippen LogP contribution in [0.15, 0.2) is 52.5 Å². The minimum atomic E-state index is -0.780. The second-order valence-corrected chi connectivity index (χ2v) is 9.26. The molecule has 0 atom stereocenters. The highest BCUT2D eigenvalue weighted by atomic mass is 35.5. The maximum atomic E-state index is 13.0. The third-order valence-corrected chi connectivity index (χ3v) is 6.74. The summed E-state index contributed by atoms with van der Waals surface area (Å²) in [6, 6.07) is 8.98. The minimum Gasteiger partial charge on any atom is -0.350 e. The first-order valence-corrected chi connectivity index (χ1v) is 11.6. The van der Waals surface area contributed by atoms with Crippen molar-refractivity contribution in [3.63, 3.8) is 0 Å². The zero-order valence-corrected chi connectivity index (χ0v) is 20.4. The van der Waals surface area contributed by atoms with Crippen LogP contribution in [0.25, 0.3) is 0 Å². The van der Waals surface area contributed by atoms with Gasteiger partial charge in [-0.05, 0) is 37.3 Å². The van der Waals surface area contributed by atoms with E-state index < -0.39 is 11.8 Å². The van der Waals surface area contributed by atoms with E-state index in [4.69, 9.17) is 46.4 Å². The number of amides is 3. The van der Waals surface area contributed by atoms with E-state index in [1.807, 2.05) is 12.3 Å². The van der Waals surface area contributed by atoms with Gasteiger partial charge < -0.3 is 5.32 Å².